The number of urea groups is 1. The summed E-state index contributed by atoms with van der Waals surface area (Å²) in [5.74, 6) is -0.00184. The largest absolute Gasteiger partial charge is 0.491 e. The number of halogens is 3. The molecule has 1 aromatic rings. The van der Waals surface area contributed by atoms with Gasteiger partial charge < -0.3 is 20.5 Å². The maximum atomic E-state index is 12.6. The molecule has 3 N–H and O–H groups in total. The topological polar surface area (TPSA) is 70.6 Å². The number of amides is 2. The Morgan fingerprint density at radius 1 is 1.30 bits per heavy atom. The number of aliphatic hydroxyl groups excluding tert-OH is 1. The first-order valence-corrected chi connectivity index (χ1v) is 7.01. The van der Waals surface area contributed by atoms with Gasteiger partial charge in [-0.05, 0) is 39.0 Å². The number of alkyl halides is 3. The van der Waals surface area contributed by atoms with Crippen LogP contribution in [0.4, 0.5) is 18.0 Å². The summed E-state index contributed by atoms with van der Waals surface area (Å²) in [6.45, 7) is 5.09. The zero-order valence-electron chi connectivity index (χ0n) is 13.2. The van der Waals surface area contributed by atoms with Crippen molar-refractivity contribution in [2.45, 2.75) is 38.6 Å². The molecule has 0 bridgehead atoms. The van der Waals surface area contributed by atoms with Gasteiger partial charge in [0.05, 0.1) is 5.56 Å². The van der Waals surface area contributed by atoms with Gasteiger partial charge in [0.2, 0.25) is 0 Å². The first kappa shape index (κ1) is 19.1. The van der Waals surface area contributed by atoms with Crippen molar-refractivity contribution in [3.05, 3.63) is 29.8 Å². The molecule has 0 saturated heterocycles. The number of ether oxygens (including phenoxy) is 1. The number of aliphatic hydroxyl groups is 1. The third kappa shape index (κ3) is 7.73. The van der Waals surface area contributed by atoms with Crippen LogP contribution in [0.25, 0.3) is 0 Å². The van der Waals surface area contributed by atoms with E-state index in [-0.39, 0.29) is 18.9 Å². The second kappa shape index (κ2) is 7.54. The molecule has 0 aliphatic heterocycles. The fourth-order valence-electron chi connectivity index (χ4n) is 1.61. The Morgan fingerprint density at radius 2 is 1.96 bits per heavy atom. The molecule has 1 rings (SSSR count). The van der Waals surface area contributed by atoms with Gasteiger partial charge in [0.15, 0.2) is 0 Å². The fraction of sp³-hybridized carbons (Fsp3) is 0.533. The van der Waals surface area contributed by atoms with Gasteiger partial charge in [0, 0.05) is 12.1 Å². The second-order valence-corrected chi connectivity index (χ2v) is 6.08. The number of carbonyl (C=O) groups is 1. The monoisotopic (exact) mass is 334 g/mol. The van der Waals surface area contributed by atoms with Gasteiger partial charge in [-0.2, -0.15) is 13.2 Å². The third-order valence-corrected chi connectivity index (χ3v) is 2.59. The predicted molar refractivity (Wildman–Crippen MR) is 79.2 cm³/mol. The molecule has 0 saturated carbocycles. The molecule has 0 aromatic heterocycles. The number of hydrogen-bond acceptors (Lipinski definition) is 3. The zero-order chi connectivity index (χ0) is 17.7. The van der Waals surface area contributed by atoms with Gasteiger partial charge in [-0.15, -0.1) is 0 Å². The van der Waals surface area contributed by atoms with E-state index in [4.69, 9.17) is 4.74 Å². The Kier molecular flexibility index (Phi) is 6.26. The van der Waals surface area contributed by atoms with Crippen LogP contribution in [0.2, 0.25) is 0 Å². The lowest BCUT2D eigenvalue weighted by Gasteiger charge is -2.21. The molecule has 8 heteroatoms. The lowest BCUT2D eigenvalue weighted by Crippen LogP contribution is -2.48. The van der Waals surface area contributed by atoms with Crippen molar-refractivity contribution in [2.24, 2.45) is 0 Å². The Morgan fingerprint density at radius 3 is 2.52 bits per heavy atom. The van der Waals surface area contributed by atoms with Gasteiger partial charge in [0.25, 0.3) is 0 Å². The van der Waals surface area contributed by atoms with Crippen LogP contribution in [0, 0.1) is 0 Å². The van der Waals surface area contributed by atoms with Crippen LogP contribution in [-0.4, -0.2) is 35.9 Å². The smallest absolute Gasteiger partial charge is 0.416 e. The Balaban J connectivity index is 2.42. The summed E-state index contributed by atoms with van der Waals surface area (Å²) in [7, 11) is 0. The van der Waals surface area contributed by atoms with Crippen LogP contribution in [-0.2, 0) is 6.18 Å². The molecular weight excluding hydrogens is 313 g/mol. The van der Waals surface area contributed by atoms with E-state index in [0.29, 0.717) is 0 Å². The summed E-state index contributed by atoms with van der Waals surface area (Å²) < 4.78 is 42.8. The van der Waals surface area contributed by atoms with Crippen molar-refractivity contribution in [1.29, 1.82) is 0 Å². The van der Waals surface area contributed by atoms with Crippen molar-refractivity contribution < 1.29 is 27.8 Å². The van der Waals surface area contributed by atoms with E-state index in [1.54, 1.807) is 20.8 Å². The van der Waals surface area contributed by atoms with Crippen molar-refractivity contribution in [3.8, 4) is 5.75 Å². The van der Waals surface area contributed by atoms with Crippen LogP contribution in [0.5, 0.6) is 5.75 Å². The average Bonchev–Trinajstić information content (AvgIpc) is 2.40. The first-order chi connectivity index (χ1) is 10.5. The summed E-state index contributed by atoms with van der Waals surface area (Å²) in [6, 6.07) is 3.92. The third-order valence-electron chi connectivity index (χ3n) is 2.59. The van der Waals surface area contributed by atoms with Crippen molar-refractivity contribution in [1.82, 2.24) is 10.6 Å². The van der Waals surface area contributed by atoms with Crippen LogP contribution in [0.15, 0.2) is 24.3 Å². The highest BCUT2D eigenvalue weighted by molar-refractivity contribution is 5.74. The molecule has 0 radical (unpaired) electrons. The summed E-state index contributed by atoms with van der Waals surface area (Å²) in [5.41, 5.74) is -1.24. The molecule has 1 unspecified atom stereocenters. The molecule has 130 valence electrons. The minimum atomic E-state index is -4.45. The first-order valence-electron chi connectivity index (χ1n) is 7.01. The quantitative estimate of drug-likeness (QED) is 0.775. The molecule has 0 spiro atoms. The summed E-state index contributed by atoms with van der Waals surface area (Å²) in [5, 5.41) is 14.8. The van der Waals surface area contributed by atoms with Crippen molar-refractivity contribution in [3.63, 3.8) is 0 Å². The number of carbonyl (C=O) groups excluding carboxylic acids is 1. The van der Waals surface area contributed by atoms with E-state index in [1.807, 2.05) is 0 Å². The highest BCUT2D eigenvalue weighted by Crippen LogP contribution is 2.31. The van der Waals surface area contributed by atoms with Gasteiger partial charge in [-0.3, -0.25) is 0 Å². The van der Waals surface area contributed by atoms with E-state index in [0.717, 1.165) is 12.1 Å². The Hall–Kier alpha value is -1.96. The van der Waals surface area contributed by atoms with Crippen molar-refractivity contribution >= 4 is 6.03 Å². The molecular formula is C15H21F3N2O3. The number of hydrogen-bond donors (Lipinski definition) is 3. The molecule has 0 heterocycles. The minimum absolute atomic E-state index is 0.00184. The van der Waals surface area contributed by atoms with Crippen LogP contribution in [0.1, 0.15) is 26.3 Å². The van der Waals surface area contributed by atoms with E-state index >= 15 is 0 Å². The van der Waals surface area contributed by atoms with Crippen LogP contribution >= 0.6 is 0 Å². The van der Waals surface area contributed by atoms with E-state index in [9.17, 15) is 23.1 Å². The molecule has 0 fully saturated rings. The van der Waals surface area contributed by atoms with Crippen LogP contribution < -0.4 is 15.4 Å². The molecule has 5 nitrogen and oxygen atoms in total. The van der Waals surface area contributed by atoms with Crippen LogP contribution in [0.3, 0.4) is 0 Å². The highest BCUT2D eigenvalue weighted by atomic mass is 19.4. The fourth-order valence-corrected chi connectivity index (χ4v) is 1.61. The molecule has 0 aliphatic rings. The summed E-state index contributed by atoms with van der Waals surface area (Å²) in [6.07, 6.45) is -5.50. The lowest BCUT2D eigenvalue weighted by molar-refractivity contribution is -0.137. The normalized spacial score (nSPS) is 13.3. The molecule has 2 amide bonds. The Labute approximate surface area is 132 Å². The SMILES string of the molecule is CC(C)(C)NC(=O)NCC(O)COc1cccc(C(F)(F)F)c1. The van der Waals surface area contributed by atoms with Crippen molar-refractivity contribution in [2.75, 3.05) is 13.2 Å². The van der Waals surface area contributed by atoms with Gasteiger partial charge in [-0.25, -0.2) is 4.79 Å². The maximum Gasteiger partial charge on any atom is 0.416 e. The van der Waals surface area contributed by atoms with E-state index < -0.39 is 29.4 Å². The van der Waals surface area contributed by atoms with Gasteiger partial charge >= 0.3 is 12.2 Å². The molecule has 1 aromatic carbocycles. The number of benzene rings is 1. The standard InChI is InChI=1S/C15H21F3N2O3/c1-14(2,3)20-13(22)19-8-11(21)9-23-12-6-4-5-10(7-12)15(16,17)18/h4-7,11,21H,8-9H2,1-3H3,(H2,19,20,22). The van der Waals surface area contributed by atoms with E-state index in [1.165, 1.54) is 12.1 Å². The minimum Gasteiger partial charge on any atom is -0.491 e. The average molecular weight is 334 g/mol. The zero-order valence-corrected chi connectivity index (χ0v) is 13.2. The summed E-state index contributed by atoms with van der Waals surface area (Å²) in [4.78, 5) is 11.5. The Bertz CT molecular complexity index is 527. The summed E-state index contributed by atoms with van der Waals surface area (Å²) >= 11 is 0. The molecule has 1 atom stereocenters. The van der Waals surface area contributed by atoms with Gasteiger partial charge in [-0.1, -0.05) is 6.07 Å². The number of rotatable bonds is 5. The predicted octanol–water partition coefficient (Wildman–Crippen LogP) is 2.54. The number of nitrogens with one attached hydrogen (secondary N) is 2. The maximum absolute atomic E-state index is 12.6. The highest BCUT2D eigenvalue weighted by Gasteiger charge is 2.30. The second-order valence-electron chi connectivity index (χ2n) is 6.08. The lowest BCUT2D eigenvalue weighted by atomic mass is 10.1. The van der Waals surface area contributed by atoms with E-state index in [2.05, 4.69) is 10.6 Å². The molecule has 0 aliphatic carbocycles. The molecule has 23 heavy (non-hydrogen) atoms. The van der Waals surface area contributed by atoms with Gasteiger partial charge in [0.1, 0.15) is 18.5 Å².